The summed E-state index contributed by atoms with van der Waals surface area (Å²) in [5.74, 6) is 1.99. The predicted molar refractivity (Wildman–Crippen MR) is 226 cm³/mol. The van der Waals surface area contributed by atoms with Gasteiger partial charge in [-0.3, -0.25) is 0 Å². The molecule has 0 fully saturated rings. The Morgan fingerprint density at radius 2 is 0.927 bits per heavy atom. The Morgan fingerprint density at radius 3 is 1.56 bits per heavy atom. The van der Waals surface area contributed by atoms with Crippen molar-refractivity contribution in [2.24, 2.45) is 0 Å². The number of allylic oxidation sites excluding steroid dienone is 4. The van der Waals surface area contributed by atoms with Crippen LogP contribution in [0.3, 0.4) is 0 Å². The molecule has 4 nitrogen and oxygen atoms in total. The number of furan rings is 1. The van der Waals surface area contributed by atoms with Gasteiger partial charge in [0, 0.05) is 27.5 Å². The highest BCUT2D eigenvalue weighted by Gasteiger charge is 2.20. The van der Waals surface area contributed by atoms with E-state index in [4.69, 9.17) is 19.4 Å². The zero-order valence-corrected chi connectivity index (χ0v) is 30.1. The topological polar surface area (TPSA) is 51.8 Å². The van der Waals surface area contributed by atoms with Crippen molar-refractivity contribution in [1.82, 2.24) is 15.0 Å². The molecule has 260 valence electrons. The fourth-order valence-corrected chi connectivity index (χ4v) is 7.83. The third-order valence-corrected chi connectivity index (χ3v) is 10.4. The van der Waals surface area contributed by atoms with Crippen molar-refractivity contribution < 1.29 is 4.42 Å². The van der Waals surface area contributed by atoms with Gasteiger partial charge in [0.2, 0.25) is 0 Å². The molecule has 0 N–H and O–H groups in total. The van der Waals surface area contributed by atoms with E-state index in [9.17, 15) is 0 Å². The molecule has 0 saturated heterocycles. The smallest absolute Gasteiger partial charge is 0.164 e. The second-order valence-electron chi connectivity index (χ2n) is 13.9. The van der Waals surface area contributed by atoms with Gasteiger partial charge in [0.15, 0.2) is 17.5 Å². The molecule has 0 aliphatic heterocycles. The first-order valence-electron chi connectivity index (χ1n) is 18.7. The third kappa shape index (κ3) is 6.14. The molecule has 0 radical (unpaired) electrons. The lowest BCUT2D eigenvalue weighted by Gasteiger charge is -2.16. The van der Waals surface area contributed by atoms with Crippen LogP contribution in [0.15, 0.2) is 192 Å². The minimum atomic E-state index is 0.660. The van der Waals surface area contributed by atoms with Crippen LogP contribution in [0.5, 0.6) is 0 Å². The normalized spacial score (nSPS) is 12.8. The SMILES string of the molecule is C1=C(c2nc(-c3ccccc3)nc(-c3ccccc3)n2)C=C(c2cccc3oc4ccc(-c5ccccc5-c5ccccc5-c5ccccc5)cc4c23)CC1. The first-order valence-corrected chi connectivity index (χ1v) is 18.7. The Kier molecular flexibility index (Phi) is 8.27. The number of nitrogens with zero attached hydrogens (tertiary/aromatic N) is 3. The van der Waals surface area contributed by atoms with Crippen molar-refractivity contribution in [3.63, 3.8) is 0 Å². The second-order valence-corrected chi connectivity index (χ2v) is 13.9. The van der Waals surface area contributed by atoms with Crippen LogP contribution in [0, 0.1) is 0 Å². The summed E-state index contributed by atoms with van der Waals surface area (Å²) < 4.78 is 6.53. The molecule has 9 aromatic rings. The Balaban J connectivity index is 1.09. The lowest BCUT2D eigenvalue weighted by Crippen LogP contribution is -2.04. The molecule has 2 heterocycles. The van der Waals surface area contributed by atoms with Gasteiger partial charge in [-0.05, 0) is 81.6 Å². The first kappa shape index (κ1) is 32.5. The van der Waals surface area contributed by atoms with Crippen LogP contribution >= 0.6 is 0 Å². The van der Waals surface area contributed by atoms with Crippen LogP contribution in [0.2, 0.25) is 0 Å². The van der Waals surface area contributed by atoms with Crippen molar-refractivity contribution in [1.29, 1.82) is 0 Å². The quantitative estimate of drug-likeness (QED) is 0.166. The second kappa shape index (κ2) is 14.0. The van der Waals surface area contributed by atoms with E-state index >= 15 is 0 Å². The highest BCUT2D eigenvalue weighted by atomic mass is 16.3. The molecule has 2 aromatic heterocycles. The monoisotopic (exact) mass is 705 g/mol. The number of rotatable bonds is 7. The summed E-state index contributed by atoms with van der Waals surface area (Å²) in [7, 11) is 0. The van der Waals surface area contributed by atoms with Crippen LogP contribution in [0.25, 0.3) is 89.2 Å². The standard InChI is InChI=1S/C51H35N3O/c1-4-16-34(17-5-1)40-24-10-12-26-43(40)44-27-13-11-25-41(44)38-30-31-46-45(33-38)48-42(28-15-29-47(48)55-46)37-22-14-23-39(32-37)51-53-49(35-18-6-2-7-19-35)52-50(54-51)36-20-8-3-9-21-36/h1-13,15-21,23-33H,14,22H2. The van der Waals surface area contributed by atoms with E-state index in [-0.39, 0.29) is 0 Å². The van der Waals surface area contributed by atoms with Gasteiger partial charge in [0.1, 0.15) is 11.2 Å². The molecule has 0 spiro atoms. The van der Waals surface area contributed by atoms with Gasteiger partial charge < -0.3 is 4.42 Å². The summed E-state index contributed by atoms with van der Waals surface area (Å²) in [6.07, 6.45) is 6.28. The summed E-state index contributed by atoms with van der Waals surface area (Å²) >= 11 is 0. The van der Waals surface area contributed by atoms with Crippen LogP contribution in [0.1, 0.15) is 24.2 Å². The number of fused-ring (bicyclic) bond motifs is 3. The summed E-state index contributed by atoms with van der Waals surface area (Å²) in [6.45, 7) is 0. The zero-order chi connectivity index (χ0) is 36.6. The molecule has 0 amide bonds. The molecule has 0 saturated carbocycles. The van der Waals surface area contributed by atoms with E-state index in [2.05, 4.69) is 127 Å². The van der Waals surface area contributed by atoms with E-state index in [1.54, 1.807) is 0 Å². The maximum absolute atomic E-state index is 6.53. The van der Waals surface area contributed by atoms with Gasteiger partial charge in [0.05, 0.1) is 0 Å². The van der Waals surface area contributed by atoms with Crippen LogP contribution in [-0.2, 0) is 0 Å². The fraction of sp³-hybridized carbons (Fsp3) is 0.0392. The van der Waals surface area contributed by atoms with E-state index < -0.39 is 0 Å². The number of benzene rings is 7. The summed E-state index contributed by atoms with van der Waals surface area (Å²) in [5.41, 5.74) is 14.2. The number of hydrogen-bond acceptors (Lipinski definition) is 4. The Hall–Kier alpha value is -7.17. The van der Waals surface area contributed by atoms with Gasteiger partial charge in [-0.25, -0.2) is 15.0 Å². The third-order valence-electron chi connectivity index (χ3n) is 10.4. The maximum atomic E-state index is 6.53. The van der Waals surface area contributed by atoms with Crippen LogP contribution < -0.4 is 0 Å². The highest BCUT2D eigenvalue weighted by Crippen LogP contribution is 2.42. The van der Waals surface area contributed by atoms with Crippen molar-refractivity contribution >= 4 is 33.1 Å². The minimum Gasteiger partial charge on any atom is -0.456 e. The minimum absolute atomic E-state index is 0.660. The van der Waals surface area contributed by atoms with E-state index in [0.29, 0.717) is 17.5 Å². The van der Waals surface area contributed by atoms with Crippen molar-refractivity contribution in [2.75, 3.05) is 0 Å². The first-order chi connectivity index (χ1) is 27.3. The lowest BCUT2D eigenvalue weighted by atomic mass is 9.88. The maximum Gasteiger partial charge on any atom is 0.164 e. The molecule has 0 atom stereocenters. The van der Waals surface area contributed by atoms with E-state index in [1.165, 1.54) is 39.0 Å². The Bertz CT molecular complexity index is 2850. The van der Waals surface area contributed by atoms with Gasteiger partial charge in [0.25, 0.3) is 0 Å². The molecule has 1 aliphatic carbocycles. The van der Waals surface area contributed by atoms with Crippen LogP contribution in [0.4, 0.5) is 0 Å². The fourth-order valence-electron chi connectivity index (χ4n) is 7.83. The summed E-state index contributed by atoms with van der Waals surface area (Å²) in [4.78, 5) is 15.0. The molecule has 0 unspecified atom stereocenters. The predicted octanol–water partition coefficient (Wildman–Crippen LogP) is 13.4. The average molecular weight is 706 g/mol. The Morgan fingerprint density at radius 1 is 0.400 bits per heavy atom. The van der Waals surface area contributed by atoms with Crippen molar-refractivity contribution in [3.05, 3.63) is 199 Å². The molecular formula is C51H35N3O. The van der Waals surface area contributed by atoms with E-state index in [1.807, 2.05) is 60.7 Å². The molecule has 7 aromatic carbocycles. The molecular weight excluding hydrogens is 671 g/mol. The van der Waals surface area contributed by atoms with Gasteiger partial charge in [-0.1, -0.05) is 164 Å². The molecule has 4 heteroatoms. The summed E-state index contributed by atoms with van der Waals surface area (Å²) in [6, 6.07) is 61.3. The molecule has 1 aliphatic rings. The zero-order valence-electron chi connectivity index (χ0n) is 30.1. The Labute approximate surface area is 319 Å². The molecule has 0 bridgehead atoms. The van der Waals surface area contributed by atoms with Crippen molar-refractivity contribution in [2.45, 2.75) is 12.8 Å². The van der Waals surface area contributed by atoms with Gasteiger partial charge in [-0.15, -0.1) is 0 Å². The highest BCUT2D eigenvalue weighted by molar-refractivity contribution is 6.12. The summed E-state index contributed by atoms with van der Waals surface area (Å²) in [5, 5.41) is 2.23. The largest absolute Gasteiger partial charge is 0.456 e. The number of aromatic nitrogens is 3. The van der Waals surface area contributed by atoms with Crippen LogP contribution in [-0.4, -0.2) is 15.0 Å². The molecule has 10 rings (SSSR count). The molecule has 55 heavy (non-hydrogen) atoms. The van der Waals surface area contributed by atoms with Crippen molar-refractivity contribution in [3.8, 4) is 56.2 Å². The van der Waals surface area contributed by atoms with E-state index in [0.717, 1.165) is 57.0 Å². The average Bonchev–Trinajstić information content (AvgIpc) is 3.65. The van der Waals surface area contributed by atoms with Gasteiger partial charge in [-0.2, -0.15) is 0 Å². The van der Waals surface area contributed by atoms with Gasteiger partial charge >= 0.3 is 0 Å². The number of hydrogen-bond donors (Lipinski definition) is 0. The lowest BCUT2D eigenvalue weighted by molar-refractivity contribution is 0.669.